The zero-order chi connectivity index (χ0) is 108. The molecule has 0 radical (unpaired) electrons. The van der Waals surface area contributed by atoms with Gasteiger partial charge in [-0.15, -0.1) is 0 Å². The number of anilines is 3. The number of Topliss-reactive ketones (excluding diaryl/α,β-unsaturated/α-hetero) is 3. The first-order valence-corrected chi connectivity index (χ1v) is 53.2. The van der Waals surface area contributed by atoms with Crippen molar-refractivity contribution in [3.05, 3.63) is 355 Å². The maximum absolute atomic E-state index is 13.5. The minimum absolute atomic E-state index is 0.00639. The molecule has 147 heavy (non-hydrogen) atoms. The topological polar surface area (TPSA) is 449 Å². The molecule has 10 aromatic carbocycles. The average molecular weight is 2240 g/mol. The van der Waals surface area contributed by atoms with E-state index >= 15 is 0 Å². The molecule has 19 rings (SSSR count). The van der Waals surface area contributed by atoms with Crippen molar-refractivity contribution in [3.8, 4) is 47.4 Å². The van der Waals surface area contributed by atoms with Crippen LogP contribution in [0.1, 0.15) is 219 Å². The summed E-state index contributed by atoms with van der Waals surface area (Å²) < 4.78 is 166. The van der Waals surface area contributed by atoms with E-state index in [1.807, 2.05) is 73.6 Å². The van der Waals surface area contributed by atoms with Crippen LogP contribution >= 0.6 is 48.8 Å². The number of rotatable bonds is 21. The number of aromatic carboxylic acids is 1. The van der Waals surface area contributed by atoms with Crippen LogP contribution in [0, 0.1) is 186 Å². The zero-order valence-corrected chi connectivity index (χ0v) is 88.0. The molecular formula is C109H107BrF7IN14O12S3. The fourth-order valence-electron chi connectivity index (χ4n) is 13.9. The van der Waals surface area contributed by atoms with Crippen LogP contribution in [-0.4, -0.2) is 84.0 Å². The molecule has 0 saturated heterocycles. The molecule has 6 saturated carbocycles. The van der Waals surface area contributed by atoms with E-state index in [1.54, 1.807) is 150 Å². The summed E-state index contributed by atoms with van der Waals surface area (Å²) in [5.41, 5.74) is 31.1. The van der Waals surface area contributed by atoms with Gasteiger partial charge in [-0.25, -0.2) is 45.5 Å². The van der Waals surface area contributed by atoms with Gasteiger partial charge < -0.3 is 36.4 Å². The number of nitrogens with zero attached hydrogens (tertiary/aromatic N) is 10. The third-order valence-corrected chi connectivity index (χ3v) is 31.3. The van der Waals surface area contributed by atoms with Gasteiger partial charge in [0.25, 0.3) is 10.1 Å². The molecule has 6 aliphatic carbocycles. The summed E-state index contributed by atoms with van der Waals surface area (Å²) in [6.45, 7) is 17.4. The molecule has 3 aromatic heterocycles. The van der Waals surface area contributed by atoms with Gasteiger partial charge in [0, 0.05) is 83.3 Å². The van der Waals surface area contributed by atoms with Crippen molar-refractivity contribution >= 4 is 109 Å². The first kappa shape index (κ1) is 115. The Morgan fingerprint density at radius 2 is 0.850 bits per heavy atom. The normalized spacial score (nSPS) is 13.5. The molecule has 0 amide bonds. The summed E-state index contributed by atoms with van der Waals surface area (Å²) in [7, 11) is -7.70. The van der Waals surface area contributed by atoms with Crippen LogP contribution in [0.4, 0.5) is 47.8 Å². The summed E-state index contributed by atoms with van der Waals surface area (Å²) in [5, 5.41) is 52.3. The van der Waals surface area contributed by atoms with Crippen LogP contribution in [0.2, 0.25) is 0 Å². The van der Waals surface area contributed by atoms with Crippen molar-refractivity contribution in [2.75, 3.05) is 23.8 Å². The number of nitriles is 5. The van der Waals surface area contributed by atoms with Gasteiger partial charge in [0.1, 0.15) is 89.2 Å². The second-order valence-corrected chi connectivity index (χ2v) is 43.9. The Bertz CT molecular complexity index is 7440. The first-order chi connectivity index (χ1) is 69.6. The molecular weight excluding hydrogens is 2130 g/mol. The number of nitrogens with one attached hydrogen (secondary N) is 1. The van der Waals surface area contributed by atoms with Gasteiger partial charge in [-0.3, -0.25) is 23.1 Å². The van der Waals surface area contributed by atoms with E-state index in [0.717, 1.165) is 119 Å². The van der Waals surface area contributed by atoms with E-state index in [9.17, 15) is 70.2 Å². The van der Waals surface area contributed by atoms with Gasteiger partial charge in [0.15, 0.2) is 10.6 Å². The van der Waals surface area contributed by atoms with Gasteiger partial charge >= 0.3 is 127 Å². The van der Waals surface area contributed by atoms with E-state index in [4.69, 9.17) is 67.5 Å². The number of aromatic amines is 1. The predicted octanol–water partition coefficient (Wildman–Crippen LogP) is 23.8. The van der Waals surface area contributed by atoms with E-state index < -0.39 is 81.8 Å². The number of aryl methyl sites for hydroxylation is 10. The number of imidazole rings is 3. The number of carbonyl (C=O) groups is 4. The monoisotopic (exact) mass is 2240 g/mol. The number of halogens is 9. The molecule has 3 heterocycles. The number of hydrogen-bond donors (Lipinski definition) is 6. The SMILES string of the molecule is CC(=O)C1CC1.Cc1cc(F)c(Br)cc1N.Cc1cc(F)c(C#N)cc1-n1cc(C2CC2)[nH]c1=S.Cc1cc(F)c(C#N)cc1-n1cnc(C2CC2)c1.Cc1cc(F)c(C#N)cc1CCC(=O)C1CC1.Cc1cc(F)c(C#N)cc1N.Cc1cc(F)c(C#N)cc1N.Cc1cc(F)c(C(=O)O)cc1-n1cnc(C2CC2)c1.Cc1ccc(S(=O)(=O)OCC(=O)C2CC2)cc1.Cc1ccc(S(=O)(=O)OI(O)c2ccccc2)cc1. The Morgan fingerprint density at radius 1 is 0.469 bits per heavy atom. The number of carboxylic acids is 1. The molecule has 38 heteroatoms. The van der Waals surface area contributed by atoms with Crippen LogP contribution in [0.15, 0.2) is 209 Å². The van der Waals surface area contributed by atoms with Gasteiger partial charge in [0.05, 0.1) is 83.9 Å². The number of aromatic nitrogens is 6. The number of ketones is 3. The second kappa shape index (κ2) is 52.3. The summed E-state index contributed by atoms with van der Waals surface area (Å²) in [6, 6.07) is 49.8. The zero-order valence-electron chi connectivity index (χ0n) is 81.9. The van der Waals surface area contributed by atoms with Crippen molar-refractivity contribution in [2.24, 2.45) is 17.8 Å². The molecule has 0 atom stereocenters. The summed E-state index contributed by atoms with van der Waals surface area (Å²) in [6.07, 6.45) is 23.4. The van der Waals surface area contributed by atoms with E-state index in [2.05, 4.69) is 30.9 Å². The third-order valence-electron chi connectivity index (χ3n) is 23.8. The van der Waals surface area contributed by atoms with Crippen LogP contribution in [0.5, 0.6) is 0 Å². The predicted molar refractivity (Wildman–Crippen MR) is 556 cm³/mol. The Kier molecular flexibility index (Phi) is 40.8. The van der Waals surface area contributed by atoms with Gasteiger partial charge in [-0.05, 0) is 316 Å². The quantitative estimate of drug-likeness (QED) is 0.0128. The van der Waals surface area contributed by atoms with Crippen molar-refractivity contribution in [3.63, 3.8) is 0 Å². The number of benzene rings is 10. The third kappa shape index (κ3) is 34.0. The van der Waals surface area contributed by atoms with Crippen molar-refractivity contribution in [1.29, 1.82) is 26.3 Å². The number of carboxylic acid groups (broad SMARTS) is 1. The molecule has 13 aromatic rings. The minimum atomic E-state index is -3.90. The van der Waals surface area contributed by atoms with E-state index in [-0.39, 0.29) is 73.2 Å². The second-order valence-electron chi connectivity index (χ2n) is 35.8. The van der Waals surface area contributed by atoms with Crippen LogP contribution < -0.4 is 17.2 Å². The van der Waals surface area contributed by atoms with E-state index in [1.165, 1.54) is 111 Å². The Balaban J connectivity index is 0.000000169. The molecule has 6 aliphatic rings. The number of H-pyrrole nitrogens is 1. The average Bonchev–Trinajstić information content (AvgIpc) is 1.55. The Labute approximate surface area is 870 Å². The summed E-state index contributed by atoms with van der Waals surface area (Å²) >= 11 is 5.19. The van der Waals surface area contributed by atoms with Crippen LogP contribution in [0.3, 0.4) is 0 Å². The molecule has 26 nitrogen and oxygen atoms in total. The standard InChI is InChI=1S/C14H12FN3S.C14H12FN3.C14H13FN2O2.C14H14FNO.C13H13IO4S.C12H14O4S.2C8H7FN2.C7H7BrFN.C5H8O/c1-8-4-11(15)10(6-16)5-13(8)18-7-12(9-2-3-9)17-14(18)19;1-9-4-12(15)11(6-16)5-14(9)18-7-13(17-8-18)10-2-3-10;1-8-4-11(15)10(14(18)19)5-13(8)17-6-12(16-7-17)9-2-3-9;1-9-6-13(15)12(8-16)7-11(9)4-5-14(17)10-2-3-10;1-11-7-9-13(10-8-11)19(16,17)18-14(15)12-5-3-2-4-6-12;1-9-2-6-11(7-3-9)17(14,15)16-8-12(13)10-4-5-10;2*1-5-2-7(9)6(4-10)3-8(5)11;1-4-2-6(9)5(8)3-7(4)10;1-4(6)5-2-3-5/h4-5,7,9H,2-3H2,1H3,(H,17,19);4-5,7-8,10H,2-3H2,1H3;4-7,9H,2-3H2,1H3,(H,18,19);6-7,10H,2-5H2,1H3;2-10,15H,1H3;2-3,6-7,10H,4-5,8H2,1H3;2*2-3H,11H2,1H3;2-3H,10H2,1H3;5H,2-3H2,1H3. The number of nitrogen functional groups attached to an aromatic ring is 3. The van der Waals surface area contributed by atoms with Crippen molar-refractivity contribution in [2.45, 2.75) is 187 Å². The van der Waals surface area contributed by atoms with Crippen molar-refractivity contribution in [1.82, 2.24) is 28.7 Å². The summed E-state index contributed by atoms with van der Waals surface area (Å²) in [4.78, 5) is 56.1. The first-order valence-electron chi connectivity index (χ1n) is 46.3. The van der Waals surface area contributed by atoms with Crippen LogP contribution in [-0.2, 0) is 47.7 Å². The Morgan fingerprint density at radius 3 is 1.27 bits per heavy atom. The maximum atomic E-state index is 13.5. The van der Waals surface area contributed by atoms with Gasteiger partial charge in [-0.2, -0.15) is 34.7 Å². The van der Waals surface area contributed by atoms with Crippen molar-refractivity contribution < 1.29 is 82.0 Å². The molecule has 0 bridgehead atoms. The molecule has 0 aliphatic heterocycles. The van der Waals surface area contributed by atoms with Gasteiger partial charge in [0.2, 0.25) is 0 Å². The number of hydrogen-bond acceptors (Lipinski definition) is 22. The van der Waals surface area contributed by atoms with Crippen LogP contribution in [0.25, 0.3) is 17.1 Å². The molecule has 0 unspecified atom stereocenters. The summed E-state index contributed by atoms with van der Waals surface area (Å²) in [5.74, 6) is -1.75. The number of nitrogens with two attached hydrogens (primary N) is 3. The fourth-order valence-corrected chi connectivity index (χ4v) is 19.8. The molecule has 6 fully saturated rings. The Hall–Kier alpha value is -14.1. The van der Waals surface area contributed by atoms with Gasteiger partial charge in [-0.1, -0.05) is 17.7 Å². The molecule has 9 N–H and O–H groups in total. The molecule has 766 valence electrons. The van der Waals surface area contributed by atoms with E-state index in [0.29, 0.717) is 100 Å². The number of carbonyl (C=O) groups excluding carboxylic acids is 3. The molecule has 0 spiro atoms. The fraction of sp³-hybridized carbons (Fsp3) is 0.284.